The minimum Gasteiger partial charge on any atom is -0.409 e. The third kappa shape index (κ3) is 5.37. The lowest BCUT2D eigenvalue weighted by atomic mass is 9.97. The van der Waals surface area contributed by atoms with E-state index < -0.39 is 0 Å². The van der Waals surface area contributed by atoms with Gasteiger partial charge in [-0.1, -0.05) is 5.16 Å². The molecule has 1 aliphatic heterocycles. The number of rotatable bonds is 4. The van der Waals surface area contributed by atoms with Gasteiger partial charge in [0.25, 0.3) is 0 Å². The summed E-state index contributed by atoms with van der Waals surface area (Å²) in [5, 5.41) is 11.8. The molecular weight excluding hydrogens is 218 g/mol. The maximum absolute atomic E-state index is 8.68. The number of piperidine rings is 1. The first-order valence-corrected chi connectivity index (χ1v) is 6.26. The van der Waals surface area contributed by atoms with Gasteiger partial charge in [0.1, 0.15) is 5.84 Å². The molecule has 0 aromatic carbocycles. The van der Waals surface area contributed by atoms with Gasteiger partial charge in [0, 0.05) is 19.0 Å². The van der Waals surface area contributed by atoms with E-state index in [-0.39, 0.29) is 11.5 Å². The van der Waals surface area contributed by atoms with Crippen molar-refractivity contribution in [2.75, 3.05) is 26.2 Å². The van der Waals surface area contributed by atoms with Crippen molar-refractivity contribution in [3.05, 3.63) is 0 Å². The maximum Gasteiger partial charge on any atom is 0.143 e. The van der Waals surface area contributed by atoms with Crippen LogP contribution in [0.5, 0.6) is 0 Å². The fourth-order valence-electron chi connectivity index (χ4n) is 2.06. The smallest absolute Gasteiger partial charge is 0.143 e. The van der Waals surface area contributed by atoms with Crippen LogP contribution in [0.3, 0.4) is 0 Å². The molecule has 1 aliphatic rings. The molecule has 0 radical (unpaired) electrons. The molecule has 0 aromatic heterocycles. The monoisotopic (exact) mass is 243 g/mol. The lowest BCUT2D eigenvalue weighted by Gasteiger charge is -2.32. The highest BCUT2D eigenvalue weighted by molar-refractivity contribution is 5.82. The van der Waals surface area contributed by atoms with Gasteiger partial charge in [-0.15, -0.1) is 0 Å². The number of nitrogens with two attached hydrogens (primary N) is 1. The second kappa shape index (κ2) is 6.21. The van der Waals surface area contributed by atoms with Crippen LogP contribution in [-0.4, -0.2) is 47.8 Å². The van der Waals surface area contributed by atoms with Gasteiger partial charge in [-0.2, -0.15) is 0 Å². The highest BCUT2D eigenvalue weighted by Crippen LogP contribution is 2.16. The van der Waals surface area contributed by atoms with Crippen molar-refractivity contribution in [2.24, 2.45) is 16.8 Å². The van der Waals surface area contributed by atoms with E-state index in [1.165, 1.54) is 0 Å². The van der Waals surface area contributed by atoms with Crippen molar-refractivity contribution in [2.45, 2.75) is 39.2 Å². The summed E-state index contributed by atoms with van der Waals surface area (Å²) < 4.78 is 5.70. The van der Waals surface area contributed by atoms with E-state index in [1.54, 1.807) is 0 Å². The Balaban J connectivity index is 2.30. The van der Waals surface area contributed by atoms with Crippen molar-refractivity contribution in [1.29, 1.82) is 0 Å². The number of nitrogens with zero attached hydrogens (tertiary/aromatic N) is 2. The zero-order valence-corrected chi connectivity index (χ0v) is 11.1. The SMILES string of the molecule is CC(C)(C)OCCN1CCCC(C(N)=NO)C1. The molecule has 1 atom stereocenters. The molecule has 17 heavy (non-hydrogen) atoms. The third-order valence-electron chi connectivity index (χ3n) is 2.98. The molecule has 0 spiro atoms. The summed E-state index contributed by atoms with van der Waals surface area (Å²) in [6.45, 7) is 9.75. The molecule has 1 unspecified atom stereocenters. The van der Waals surface area contributed by atoms with Gasteiger partial charge in [-0.05, 0) is 40.2 Å². The van der Waals surface area contributed by atoms with Crippen molar-refractivity contribution >= 4 is 5.84 Å². The molecule has 0 amide bonds. The van der Waals surface area contributed by atoms with Gasteiger partial charge < -0.3 is 20.6 Å². The molecule has 3 N–H and O–H groups in total. The first-order valence-electron chi connectivity index (χ1n) is 6.26. The van der Waals surface area contributed by atoms with E-state index in [0.717, 1.165) is 39.1 Å². The predicted octanol–water partition coefficient (Wildman–Crippen LogP) is 1.26. The van der Waals surface area contributed by atoms with Gasteiger partial charge in [0.15, 0.2) is 0 Å². The average Bonchev–Trinajstić information content (AvgIpc) is 2.27. The fourth-order valence-corrected chi connectivity index (χ4v) is 2.06. The molecule has 5 heteroatoms. The van der Waals surface area contributed by atoms with Gasteiger partial charge in [-0.3, -0.25) is 0 Å². The first-order chi connectivity index (χ1) is 7.92. The van der Waals surface area contributed by atoms with Crippen LogP contribution in [0.2, 0.25) is 0 Å². The van der Waals surface area contributed by atoms with E-state index in [0.29, 0.717) is 5.84 Å². The molecule has 1 saturated heterocycles. The van der Waals surface area contributed by atoms with Crippen molar-refractivity contribution in [3.8, 4) is 0 Å². The Morgan fingerprint density at radius 1 is 1.53 bits per heavy atom. The Bertz CT molecular complexity index is 261. The zero-order valence-electron chi connectivity index (χ0n) is 11.1. The van der Waals surface area contributed by atoms with E-state index in [1.807, 2.05) is 0 Å². The van der Waals surface area contributed by atoms with Gasteiger partial charge in [0.2, 0.25) is 0 Å². The van der Waals surface area contributed by atoms with Crippen LogP contribution >= 0.6 is 0 Å². The predicted molar refractivity (Wildman–Crippen MR) is 68.3 cm³/mol. The minimum atomic E-state index is -0.0826. The van der Waals surface area contributed by atoms with Crippen LogP contribution < -0.4 is 5.73 Å². The molecule has 1 rings (SSSR count). The number of ether oxygens (including phenoxy) is 1. The second-order valence-electron chi connectivity index (χ2n) is 5.63. The maximum atomic E-state index is 8.68. The number of oxime groups is 1. The molecule has 1 heterocycles. The molecule has 100 valence electrons. The summed E-state index contributed by atoms with van der Waals surface area (Å²) in [7, 11) is 0. The second-order valence-corrected chi connectivity index (χ2v) is 5.63. The van der Waals surface area contributed by atoms with Crippen LogP contribution in [0.25, 0.3) is 0 Å². The summed E-state index contributed by atoms with van der Waals surface area (Å²) in [6, 6.07) is 0. The van der Waals surface area contributed by atoms with E-state index in [9.17, 15) is 0 Å². The topological polar surface area (TPSA) is 71.1 Å². The normalized spacial score (nSPS) is 23.9. The first kappa shape index (κ1) is 14.3. The minimum absolute atomic E-state index is 0.0826. The number of hydrogen-bond donors (Lipinski definition) is 2. The van der Waals surface area contributed by atoms with Crippen LogP contribution in [0, 0.1) is 5.92 Å². The Morgan fingerprint density at radius 2 is 2.24 bits per heavy atom. The zero-order chi connectivity index (χ0) is 12.9. The van der Waals surface area contributed by atoms with Crippen molar-refractivity contribution in [1.82, 2.24) is 4.90 Å². The molecular formula is C12H25N3O2. The van der Waals surface area contributed by atoms with Gasteiger partial charge in [-0.25, -0.2) is 0 Å². The van der Waals surface area contributed by atoms with E-state index in [4.69, 9.17) is 15.7 Å². The summed E-state index contributed by atoms with van der Waals surface area (Å²) >= 11 is 0. The fraction of sp³-hybridized carbons (Fsp3) is 0.917. The quantitative estimate of drug-likeness (QED) is 0.337. The van der Waals surface area contributed by atoms with E-state index in [2.05, 4.69) is 30.8 Å². The van der Waals surface area contributed by atoms with Crippen LogP contribution in [0.15, 0.2) is 5.16 Å². The molecule has 0 bridgehead atoms. The summed E-state index contributed by atoms with van der Waals surface area (Å²) in [5.41, 5.74) is 5.57. The number of amidine groups is 1. The summed E-state index contributed by atoms with van der Waals surface area (Å²) in [6.07, 6.45) is 2.10. The van der Waals surface area contributed by atoms with Crippen LogP contribution in [0.1, 0.15) is 33.6 Å². The van der Waals surface area contributed by atoms with Gasteiger partial charge in [0.05, 0.1) is 12.2 Å². The number of hydrogen-bond acceptors (Lipinski definition) is 4. The molecule has 1 fully saturated rings. The Morgan fingerprint density at radius 3 is 2.82 bits per heavy atom. The molecule has 5 nitrogen and oxygen atoms in total. The molecule has 0 aliphatic carbocycles. The number of likely N-dealkylation sites (tertiary alicyclic amines) is 1. The Hall–Kier alpha value is -0.810. The Kier molecular flexibility index (Phi) is 5.21. The lowest BCUT2D eigenvalue weighted by Crippen LogP contribution is -2.43. The van der Waals surface area contributed by atoms with E-state index >= 15 is 0 Å². The molecule has 0 saturated carbocycles. The highest BCUT2D eigenvalue weighted by atomic mass is 16.5. The summed E-state index contributed by atoms with van der Waals surface area (Å²) in [4.78, 5) is 2.32. The van der Waals surface area contributed by atoms with Crippen LogP contribution in [-0.2, 0) is 4.74 Å². The van der Waals surface area contributed by atoms with Crippen molar-refractivity contribution < 1.29 is 9.94 Å². The van der Waals surface area contributed by atoms with Crippen LogP contribution in [0.4, 0.5) is 0 Å². The van der Waals surface area contributed by atoms with Crippen molar-refractivity contribution in [3.63, 3.8) is 0 Å². The standard InChI is InChI=1S/C12H25N3O2/c1-12(2,3)17-8-7-15-6-4-5-10(9-15)11(13)14-16/h10,16H,4-9H2,1-3H3,(H2,13,14). The largest absolute Gasteiger partial charge is 0.409 e. The van der Waals surface area contributed by atoms with Gasteiger partial charge >= 0.3 is 0 Å². The third-order valence-corrected chi connectivity index (χ3v) is 2.98. The Labute approximate surface area is 104 Å². The summed E-state index contributed by atoms with van der Waals surface area (Å²) in [5.74, 6) is 0.537. The average molecular weight is 243 g/mol. The molecule has 0 aromatic rings. The highest BCUT2D eigenvalue weighted by Gasteiger charge is 2.23. The lowest BCUT2D eigenvalue weighted by molar-refractivity contribution is -0.0158.